The molecule has 0 bridgehead atoms. The van der Waals surface area contributed by atoms with E-state index in [1.807, 2.05) is 45.0 Å². The van der Waals surface area contributed by atoms with Gasteiger partial charge in [0.15, 0.2) is 5.82 Å². The molecule has 0 spiro atoms. The summed E-state index contributed by atoms with van der Waals surface area (Å²) in [5.41, 5.74) is 2.98. The number of benzene rings is 2. The molecule has 0 radical (unpaired) electrons. The van der Waals surface area contributed by atoms with E-state index in [2.05, 4.69) is 55.1 Å². The van der Waals surface area contributed by atoms with E-state index in [1.54, 1.807) is 6.20 Å². The van der Waals surface area contributed by atoms with Crippen molar-refractivity contribution in [1.82, 2.24) is 24.6 Å². The van der Waals surface area contributed by atoms with Gasteiger partial charge in [-0.3, -0.25) is 0 Å². The molecule has 1 atom stereocenters. The molecule has 8 heteroatoms. The first-order valence-electron chi connectivity index (χ1n) is 13.6. The Kier molecular flexibility index (Phi) is 8.31. The Morgan fingerprint density at radius 2 is 1.89 bits per heavy atom. The Morgan fingerprint density at radius 1 is 1.13 bits per heavy atom. The molecule has 0 aliphatic carbocycles. The Hall–Kier alpha value is -3.52. The molecule has 4 rings (SSSR count). The summed E-state index contributed by atoms with van der Waals surface area (Å²) < 4.78 is 6.79. The number of rotatable bonds is 9. The molecule has 0 fully saturated rings. The third-order valence-electron chi connectivity index (χ3n) is 6.71. The molecule has 2 heterocycles. The molecule has 0 saturated heterocycles. The fraction of sp³-hybridized carbons (Fsp3) is 0.467. The first kappa shape index (κ1) is 27.5. The van der Waals surface area contributed by atoms with Gasteiger partial charge in [0, 0.05) is 22.4 Å². The summed E-state index contributed by atoms with van der Waals surface area (Å²) >= 11 is 0. The van der Waals surface area contributed by atoms with Gasteiger partial charge in [0.05, 0.1) is 17.2 Å². The van der Waals surface area contributed by atoms with Crippen LogP contribution < -0.4 is 5.32 Å². The van der Waals surface area contributed by atoms with Crippen LogP contribution in [0.1, 0.15) is 59.9 Å². The minimum Gasteiger partial charge on any atom is -0.442 e. The van der Waals surface area contributed by atoms with Crippen molar-refractivity contribution in [3.05, 3.63) is 48.2 Å². The van der Waals surface area contributed by atoms with Crippen LogP contribution in [-0.4, -0.2) is 62.0 Å². The molecule has 0 saturated carbocycles. The average molecular weight is 517 g/mol. The van der Waals surface area contributed by atoms with Crippen molar-refractivity contribution in [3.8, 4) is 11.4 Å². The normalized spacial score (nSPS) is 12.8. The highest BCUT2D eigenvalue weighted by Crippen LogP contribution is 2.29. The second kappa shape index (κ2) is 11.5. The first-order valence-corrected chi connectivity index (χ1v) is 13.6. The lowest BCUT2D eigenvalue weighted by atomic mass is 10.1. The molecule has 1 unspecified atom stereocenters. The van der Waals surface area contributed by atoms with Crippen LogP contribution in [0.2, 0.25) is 0 Å². The van der Waals surface area contributed by atoms with E-state index < -0.39 is 11.7 Å². The van der Waals surface area contributed by atoms with Crippen LogP contribution in [0.3, 0.4) is 0 Å². The SMILES string of the molecule is CCN(CC)CCCC(C)Nc1nc(-c2ccc3c(cnn3C(=O)OC(C)(C)C)c2)nc2c(C)cccc12. The van der Waals surface area contributed by atoms with Gasteiger partial charge in [-0.2, -0.15) is 9.78 Å². The van der Waals surface area contributed by atoms with Gasteiger partial charge < -0.3 is 15.0 Å². The minimum absolute atomic E-state index is 0.270. The summed E-state index contributed by atoms with van der Waals surface area (Å²) in [5.74, 6) is 1.48. The standard InChI is InChI=1S/C30H40N6O2/c1-8-35(9-2)17-11-13-21(4)32-28-24-14-10-12-20(3)26(24)33-27(34-28)22-15-16-25-23(18-22)19-31-36(25)29(37)38-30(5,6)7/h10,12,14-16,18-19,21H,8-9,11,13,17H2,1-7H3,(H,32,33,34). The second-order valence-corrected chi connectivity index (χ2v) is 10.9. The number of nitrogens with zero attached hydrogens (tertiary/aromatic N) is 5. The first-order chi connectivity index (χ1) is 18.1. The fourth-order valence-corrected chi connectivity index (χ4v) is 4.62. The molecule has 0 amide bonds. The van der Waals surface area contributed by atoms with E-state index in [0.717, 1.165) is 65.7 Å². The molecule has 0 aliphatic heterocycles. The van der Waals surface area contributed by atoms with Crippen molar-refractivity contribution < 1.29 is 9.53 Å². The monoisotopic (exact) mass is 516 g/mol. The predicted octanol–water partition coefficient (Wildman–Crippen LogP) is 6.66. The van der Waals surface area contributed by atoms with E-state index in [0.29, 0.717) is 11.3 Å². The number of aromatic nitrogens is 4. The highest BCUT2D eigenvalue weighted by atomic mass is 16.6. The van der Waals surface area contributed by atoms with Gasteiger partial charge in [0.25, 0.3) is 0 Å². The third kappa shape index (κ3) is 6.30. The number of carbonyl (C=O) groups is 1. The molecule has 1 N–H and O–H groups in total. The van der Waals surface area contributed by atoms with Crippen LogP contribution in [-0.2, 0) is 4.74 Å². The Bertz CT molecular complexity index is 1420. The van der Waals surface area contributed by atoms with Crippen LogP contribution in [0.5, 0.6) is 0 Å². The highest BCUT2D eigenvalue weighted by molar-refractivity contribution is 5.94. The Labute approximate surface area is 225 Å². The number of anilines is 1. The van der Waals surface area contributed by atoms with Gasteiger partial charge in [-0.05, 0) is 96.9 Å². The van der Waals surface area contributed by atoms with Gasteiger partial charge in [0.1, 0.15) is 11.4 Å². The number of nitrogens with one attached hydrogen (secondary N) is 1. The van der Waals surface area contributed by atoms with Crippen molar-refractivity contribution in [2.75, 3.05) is 25.0 Å². The number of hydrogen-bond donors (Lipinski definition) is 1. The third-order valence-corrected chi connectivity index (χ3v) is 6.71. The van der Waals surface area contributed by atoms with Crippen molar-refractivity contribution in [3.63, 3.8) is 0 Å². The Morgan fingerprint density at radius 3 is 2.61 bits per heavy atom. The predicted molar refractivity (Wildman–Crippen MR) is 155 cm³/mol. The maximum absolute atomic E-state index is 12.6. The Balaban J connectivity index is 1.64. The topological polar surface area (TPSA) is 85.2 Å². The minimum atomic E-state index is -0.599. The fourth-order valence-electron chi connectivity index (χ4n) is 4.62. The molecule has 8 nitrogen and oxygen atoms in total. The van der Waals surface area contributed by atoms with Crippen LogP contribution in [0.25, 0.3) is 33.2 Å². The quantitative estimate of drug-likeness (QED) is 0.266. The molecule has 0 aliphatic rings. The van der Waals surface area contributed by atoms with Gasteiger partial charge in [-0.15, -0.1) is 0 Å². The summed E-state index contributed by atoms with van der Waals surface area (Å²) in [6, 6.07) is 12.2. The number of hydrogen-bond acceptors (Lipinski definition) is 7. The van der Waals surface area contributed by atoms with E-state index in [4.69, 9.17) is 14.7 Å². The van der Waals surface area contributed by atoms with Crippen LogP contribution in [0.15, 0.2) is 42.6 Å². The second-order valence-electron chi connectivity index (χ2n) is 10.9. The van der Waals surface area contributed by atoms with Crippen LogP contribution >= 0.6 is 0 Å². The van der Waals surface area contributed by atoms with Crippen molar-refractivity contribution in [2.24, 2.45) is 0 Å². The zero-order valence-corrected chi connectivity index (χ0v) is 23.7. The van der Waals surface area contributed by atoms with Crippen molar-refractivity contribution in [2.45, 2.75) is 73.0 Å². The summed E-state index contributed by atoms with van der Waals surface area (Å²) in [5, 5.41) is 9.77. The summed E-state index contributed by atoms with van der Waals surface area (Å²) in [4.78, 5) is 25.0. The maximum Gasteiger partial charge on any atom is 0.435 e. The van der Waals surface area contributed by atoms with Gasteiger partial charge in [-0.25, -0.2) is 14.8 Å². The van der Waals surface area contributed by atoms with E-state index in [9.17, 15) is 4.79 Å². The molecule has 38 heavy (non-hydrogen) atoms. The lowest BCUT2D eigenvalue weighted by Gasteiger charge is -2.21. The number of fused-ring (bicyclic) bond motifs is 2. The molecular weight excluding hydrogens is 476 g/mol. The summed E-state index contributed by atoms with van der Waals surface area (Å²) in [6.07, 6.45) is 3.35. The molecular formula is C30H40N6O2. The van der Waals surface area contributed by atoms with Gasteiger partial charge in [0.2, 0.25) is 0 Å². The maximum atomic E-state index is 12.6. The zero-order valence-electron chi connectivity index (χ0n) is 23.7. The number of ether oxygens (including phenoxy) is 1. The van der Waals surface area contributed by atoms with E-state index in [-0.39, 0.29) is 6.04 Å². The van der Waals surface area contributed by atoms with E-state index in [1.165, 1.54) is 4.68 Å². The largest absolute Gasteiger partial charge is 0.442 e. The molecule has 202 valence electrons. The molecule has 2 aromatic carbocycles. The lowest BCUT2D eigenvalue weighted by molar-refractivity contribution is 0.0522. The van der Waals surface area contributed by atoms with Crippen LogP contribution in [0.4, 0.5) is 10.6 Å². The number of aryl methyl sites for hydroxylation is 1. The lowest BCUT2D eigenvalue weighted by Crippen LogP contribution is -2.27. The number of carbonyl (C=O) groups excluding carboxylic acids is 1. The zero-order chi connectivity index (χ0) is 27.4. The van der Waals surface area contributed by atoms with Crippen molar-refractivity contribution in [1.29, 1.82) is 0 Å². The molecule has 2 aromatic heterocycles. The van der Waals surface area contributed by atoms with Crippen LogP contribution in [0, 0.1) is 6.92 Å². The smallest absolute Gasteiger partial charge is 0.435 e. The summed E-state index contributed by atoms with van der Waals surface area (Å²) in [6.45, 7) is 17.5. The average Bonchev–Trinajstić information content (AvgIpc) is 3.30. The van der Waals surface area contributed by atoms with Gasteiger partial charge in [-0.1, -0.05) is 26.0 Å². The molecule has 4 aromatic rings. The van der Waals surface area contributed by atoms with Crippen molar-refractivity contribution >= 4 is 33.7 Å². The van der Waals surface area contributed by atoms with Gasteiger partial charge >= 0.3 is 6.09 Å². The number of para-hydroxylation sites is 1. The summed E-state index contributed by atoms with van der Waals surface area (Å²) in [7, 11) is 0. The highest BCUT2D eigenvalue weighted by Gasteiger charge is 2.21. The van der Waals surface area contributed by atoms with E-state index >= 15 is 0 Å².